The topological polar surface area (TPSA) is 46.6 Å². The molecule has 0 aromatic rings. The van der Waals surface area contributed by atoms with Crippen molar-refractivity contribution in [1.82, 2.24) is 4.90 Å². The lowest BCUT2D eigenvalue weighted by Gasteiger charge is -2.61. The van der Waals surface area contributed by atoms with Crippen LogP contribution in [0.5, 0.6) is 0 Å². The van der Waals surface area contributed by atoms with Crippen molar-refractivity contribution < 1.29 is 14.3 Å². The molecule has 1 heterocycles. The van der Waals surface area contributed by atoms with Gasteiger partial charge < -0.3 is 9.64 Å². The molecule has 3 saturated carbocycles. The Hall–Kier alpha value is -0.900. The molecule has 3 aliphatic carbocycles. The van der Waals surface area contributed by atoms with Gasteiger partial charge in [-0.1, -0.05) is 13.8 Å². The number of Topliss-reactive ketones (excluding diaryl/α,β-unsaturated/α-hetero) is 1. The number of amides is 1. The highest BCUT2D eigenvalue weighted by molar-refractivity contribution is 5.88. The van der Waals surface area contributed by atoms with Crippen molar-refractivity contribution in [2.24, 2.45) is 28.6 Å². The highest BCUT2D eigenvalue weighted by atomic mass is 16.5. The Kier molecular flexibility index (Phi) is 3.66. The van der Waals surface area contributed by atoms with Crippen LogP contribution in [-0.4, -0.2) is 42.9 Å². The molecule has 3 unspecified atom stereocenters. The molecule has 4 nitrogen and oxygen atoms in total. The van der Waals surface area contributed by atoms with E-state index in [2.05, 4.69) is 13.8 Å². The van der Waals surface area contributed by atoms with Crippen molar-refractivity contribution in [2.75, 3.05) is 14.2 Å². The van der Waals surface area contributed by atoms with E-state index in [1.807, 2.05) is 11.9 Å². The Morgan fingerprint density at radius 3 is 2.58 bits per heavy atom. The van der Waals surface area contributed by atoms with E-state index in [-0.39, 0.29) is 16.9 Å². The molecule has 0 spiro atoms. The summed E-state index contributed by atoms with van der Waals surface area (Å²) in [6.45, 7) is 4.61. The van der Waals surface area contributed by atoms with Crippen LogP contribution in [0.2, 0.25) is 0 Å². The number of likely N-dealkylation sites (tertiary alicyclic amines) is 1. The van der Waals surface area contributed by atoms with E-state index in [4.69, 9.17) is 4.74 Å². The number of piperidine rings is 1. The first-order valence-corrected chi connectivity index (χ1v) is 9.64. The average Bonchev–Trinajstić information content (AvgIpc) is 2.82. The number of ketones is 1. The minimum absolute atomic E-state index is 0.0957. The Morgan fingerprint density at radius 2 is 1.88 bits per heavy atom. The lowest BCUT2D eigenvalue weighted by Crippen LogP contribution is -2.62. The van der Waals surface area contributed by atoms with Gasteiger partial charge >= 0.3 is 0 Å². The van der Waals surface area contributed by atoms with Crippen molar-refractivity contribution in [3.8, 4) is 0 Å². The minimum atomic E-state index is -0.179. The second kappa shape index (κ2) is 5.30. The van der Waals surface area contributed by atoms with E-state index in [0.29, 0.717) is 48.3 Å². The van der Waals surface area contributed by atoms with Crippen LogP contribution in [0, 0.1) is 28.6 Å². The van der Waals surface area contributed by atoms with Gasteiger partial charge in [0.1, 0.15) is 5.78 Å². The number of hydrogen-bond donors (Lipinski definition) is 0. The van der Waals surface area contributed by atoms with E-state index >= 15 is 0 Å². The molecular weight excluding hydrogens is 302 g/mol. The summed E-state index contributed by atoms with van der Waals surface area (Å²) >= 11 is 0. The van der Waals surface area contributed by atoms with Gasteiger partial charge in [-0.05, 0) is 49.4 Å². The van der Waals surface area contributed by atoms with Gasteiger partial charge in [0, 0.05) is 44.4 Å². The predicted molar refractivity (Wildman–Crippen MR) is 91.4 cm³/mol. The molecule has 4 rings (SSSR count). The number of nitrogens with zero attached hydrogens (tertiary/aromatic N) is 1. The van der Waals surface area contributed by atoms with E-state index in [0.717, 1.165) is 32.1 Å². The summed E-state index contributed by atoms with van der Waals surface area (Å²) in [5, 5.41) is 0. The zero-order chi connectivity index (χ0) is 17.3. The zero-order valence-corrected chi connectivity index (χ0v) is 15.5. The third-order valence-electron chi connectivity index (χ3n) is 8.54. The summed E-state index contributed by atoms with van der Waals surface area (Å²) < 4.78 is 5.79. The van der Waals surface area contributed by atoms with E-state index in [1.165, 1.54) is 0 Å². The third-order valence-corrected chi connectivity index (χ3v) is 8.54. The fourth-order valence-corrected chi connectivity index (χ4v) is 7.18. The van der Waals surface area contributed by atoms with Crippen LogP contribution in [0.4, 0.5) is 0 Å². The second-order valence-electron chi connectivity index (χ2n) is 9.26. The molecule has 7 atom stereocenters. The fraction of sp³-hybridized carbons (Fsp3) is 0.900. The summed E-state index contributed by atoms with van der Waals surface area (Å²) in [6, 6.07) is 0.377. The van der Waals surface area contributed by atoms with Crippen molar-refractivity contribution in [3.05, 3.63) is 0 Å². The monoisotopic (exact) mass is 333 g/mol. The van der Waals surface area contributed by atoms with Gasteiger partial charge in [-0.2, -0.15) is 0 Å². The number of carbonyl (C=O) groups excluding carboxylic acids is 2. The number of rotatable bonds is 1. The van der Waals surface area contributed by atoms with Crippen molar-refractivity contribution in [1.29, 1.82) is 0 Å². The molecule has 0 aromatic heterocycles. The molecular formula is C20H31NO3. The lowest BCUT2D eigenvalue weighted by atomic mass is 9.47. The molecule has 4 aliphatic rings. The van der Waals surface area contributed by atoms with Crippen LogP contribution in [-0.2, 0) is 14.3 Å². The van der Waals surface area contributed by atoms with Crippen LogP contribution < -0.4 is 0 Å². The minimum Gasteiger partial charge on any atom is -0.381 e. The fourth-order valence-electron chi connectivity index (χ4n) is 7.18. The van der Waals surface area contributed by atoms with Crippen molar-refractivity contribution in [3.63, 3.8) is 0 Å². The Labute approximate surface area is 145 Å². The average molecular weight is 333 g/mol. The molecule has 24 heavy (non-hydrogen) atoms. The summed E-state index contributed by atoms with van der Waals surface area (Å²) in [5.74, 6) is 2.29. The Morgan fingerprint density at radius 1 is 1.12 bits per heavy atom. The molecule has 0 radical (unpaired) electrons. The molecule has 0 bridgehead atoms. The lowest BCUT2D eigenvalue weighted by molar-refractivity contribution is -0.163. The second-order valence-corrected chi connectivity index (χ2v) is 9.26. The maximum Gasteiger partial charge on any atom is 0.222 e. The molecule has 0 N–H and O–H groups in total. The van der Waals surface area contributed by atoms with Crippen LogP contribution in [0.25, 0.3) is 0 Å². The SMILES string of the molecule is CO[C@@H]1CC(=O)[C@@]2(C)CCC3C(CC[C@H]4N(C)C(=O)CC[C@]34C)C12. The van der Waals surface area contributed by atoms with E-state index in [1.54, 1.807) is 7.11 Å². The van der Waals surface area contributed by atoms with Gasteiger partial charge in [-0.3, -0.25) is 9.59 Å². The first-order valence-electron chi connectivity index (χ1n) is 9.64. The number of hydrogen-bond acceptors (Lipinski definition) is 3. The van der Waals surface area contributed by atoms with Gasteiger partial charge in [0.2, 0.25) is 5.91 Å². The summed E-state index contributed by atoms with van der Waals surface area (Å²) in [7, 11) is 3.77. The van der Waals surface area contributed by atoms with E-state index < -0.39 is 0 Å². The molecule has 4 fully saturated rings. The summed E-state index contributed by atoms with van der Waals surface area (Å²) in [4.78, 5) is 26.9. The number of fused-ring (bicyclic) bond motifs is 5. The maximum atomic E-state index is 12.7. The van der Waals surface area contributed by atoms with Gasteiger partial charge in [0.15, 0.2) is 0 Å². The van der Waals surface area contributed by atoms with Crippen LogP contribution in [0.1, 0.15) is 58.8 Å². The Bertz CT molecular complexity index is 575. The molecule has 1 saturated heterocycles. The Balaban J connectivity index is 1.69. The number of ether oxygens (including phenoxy) is 1. The van der Waals surface area contributed by atoms with E-state index in [9.17, 15) is 9.59 Å². The van der Waals surface area contributed by atoms with Crippen molar-refractivity contribution >= 4 is 11.7 Å². The highest BCUT2D eigenvalue weighted by Gasteiger charge is 2.63. The molecule has 134 valence electrons. The predicted octanol–water partition coefficient (Wildman–Crippen LogP) is 3.04. The first kappa shape index (κ1) is 16.6. The first-order chi connectivity index (χ1) is 11.3. The molecule has 0 aromatic carbocycles. The molecule has 1 amide bonds. The van der Waals surface area contributed by atoms with Gasteiger partial charge in [-0.15, -0.1) is 0 Å². The largest absolute Gasteiger partial charge is 0.381 e. The van der Waals surface area contributed by atoms with Crippen molar-refractivity contribution in [2.45, 2.75) is 70.9 Å². The quantitative estimate of drug-likeness (QED) is 0.741. The number of methoxy groups -OCH3 is 1. The standard InChI is InChI=1S/C20H31NO3/c1-19-10-8-17(23)21(3)15(19)6-5-12-13(19)7-9-20(2)16(22)11-14(24-4)18(12)20/h12-15,18H,5-11H2,1-4H3/t12?,13?,14-,15-,18?,19-,20-/m1/s1. The maximum absolute atomic E-state index is 12.7. The van der Waals surface area contributed by atoms with Gasteiger partial charge in [0.05, 0.1) is 6.10 Å². The molecule has 4 heteroatoms. The van der Waals surface area contributed by atoms with Gasteiger partial charge in [0.25, 0.3) is 0 Å². The smallest absolute Gasteiger partial charge is 0.222 e. The van der Waals surface area contributed by atoms with Gasteiger partial charge in [-0.25, -0.2) is 0 Å². The number of carbonyl (C=O) groups is 2. The summed E-state index contributed by atoms with van der Waals surface area (Å²) in [5.41, 5.74) is 0.0261. The third kappa shape index (κ3) is 1.95. The van der Waals surface area contributed by atoms with Crippen LogP contribution in [0.3, 0.4) is 0 Å². The molecule has 1 aliphatic heterocycles. The highest BCUT2D eigenvalue weighted by Crippen LogP contribution is 2.64. The zero-order valence-electron chi connectivity index (χ0n) is 15.5. The summed E-state index contributed by atoms with van der Waals surface area (Å²) in [6.07, 6.45) is 6.73. The normalized spacial score (nSPS) is 51.2. The van der Waals surface area contributed by atoms with Crippen LogP contribution >= 0.6 is 0 Å². The van der Waals surface area contributed by atoms with Crippen LogP contribution in [0.15, 0.2) is 0 Å².